The quantitative estimate of drug-likeness (QED) is 0.359. The van der Waals surface area contributed by atoms with E-state index < -0.39 is 5.97 Å². The average molecular weight is 416 g/mol. The van der Waals surface area contributed by atoms with E-state index in [0.29, 0.717) is 6.42 Å². The lowest BCUT2D eigenvalue weighted by Crippen LogP contribution is -2.32. The number of aromatic nitrogens is 2. The Hall–Kier alpha value is -2.41. The molecular formula is C22H29N3O3S. The molecule has 0 saturated heterocycles. The first-order valence-electron chi connectivity index (χ1n) is 9.82. The number of amides is 1. The van der Waals surface area contributed by atoms with Crippen molar-refractivity contribution in [2.45, 2.75) is 57.7 Å². The lowest BCUT2D eigenvalue weighted by molar-refractivity contribution is -0.148. The first-order valence-corrected chi connectivity index (χ1v) is 11.0. The maximum Gasteiger partial charge on any atom is 0.306 e. The van der Waals surface area contributed by atoms with E-state index in [4.69, 9.17) is 4.74 Å². The van der Waals surface area contributed by atoms with Gasteiger partial charge in [-0.25, -0.2) is 9.97 Å². The SMILES string of the molecule is CCC[C@@H](NC(=O)COC(=O)CCc1c(C)nc(SC)nc1C)c1ccccc1. The Bertz CT molecular complexity index is 804. The van der Waals surface area contributed by atoms with E-state index in [1.807, 2.05) is 50.4 Å². The van der Waals surface area contributed by atoms with Crippen LogP contribution >= 0.6 is 11.8 Å². The maximum atomic E-state index is 12.2. The molecule has 0 unspecified atom stereocenters. The van der Waals surface area contributed by atoms with Gasteiger partial charge < -0.3 is 10.1 Å². The summed E-state index contributed by atoms with van der Waals surface area (Å²) in [5, 5.41) is 3.68. The second-order valence-electron chi connectivity index (χ2n) is 6.84. The Morgan fingerprint density at radius 2 is 1.79 bits per heavy atom. The zero-order valence-electron chi connectivity index (χ0n) is 17.5. The molecule has 7 heteroatoms. The fourth-order valence-electron chi connectivity index (χ4n) is 3.14. The van der Waals surface area contributed by atoms with Gasteiger partial charge in [-0.05, 0) is 44.1 Å². The lowest BCUT2D eigenvalue weighted by Gasteiger charge is -2.18. The van der Waals surface area contributed by atoms with Crippen LogP contribution in [0.2, 0.25) is 0 Å². The average Bonchev–Trinajstić information content (AvgIpc) is 2.71. The molecule has 0 aliphatic heterocycles. The number of thioether (sulfide) groups is 1. The van der Waals surface area contributed by atoms with Crippen molar-refractivity contribution in [2.75, 3.05) is 12.9 Å². The third-order valence-corrected chi connectivity index (χ3v) is 5.19. The molecule has 0 radical (unpaired) electrons. The second kappa shape index (κ2) is 11.6. The van der Waals surface area contributed by atoms with Gasteiger partial charge in [0, 0.05) is 17.8 Å². The molecule has 1 atom stereocenters. The molecule has 6 nitrogen and oxygen atoms in total. The predicted octanol–water partition coefficient (Wildman–Crippen LogP) is 3.95. The molecule has 0 bridgehead atoms. The van der Waals surface area contributed by atoms with Gasteiger partial charge in [0.05, 0.1) is 6.04 Å². The highest BCUT2D eigenvalue weighted by molar-refractivity contribution is 7.98. The van der Waals surface area contributed by atoms with Gasteiger partial charge in [0.15, 0.2) is 11.8 Å². The molecule has 0 fully saturated rings. The fraction of sp³-hybridized carbons (Fsp3) is 0.455. The number of esters is 1. The van der Waals surface area contributed by atoms with E-state index in [1.165, 1.54) is 11.8 Å². The minimum Gasteiger partial charge on any atom is -0.456 e. The highest BCUT2D eigenvalue weighted by Gasteiger charge is 2.16. The van der Waals surface area contributed by atoms with Crippen LogP contribution in [-0.2, 0) is 20.7 Å². The van der Waals surface area contributed by atoms with Crippen LogP contribution in [0.15, 0.2) is 35.5 Å². The number of ether oxygens (including phenoxy) is 1. The molecule has 0 spiro atoms. The van der Waals surface area contributed by atoms with Crippen molar-refractivity contribution in [1.29, 1.82) is 0 Å². The largest absolute Gasteiger partial charge is 0.456 e. The van der Waals surface area contributed by atoms with E-state index in [-0.39, 0.29) is 25.0 Å². The zero-order valence-corrected chi connectivity index (χ0v) is 18.3. The van der Waals surface area contributed by atoms with Crippen molar-refractivity contribution in [1.82, 2.24) is 15.3 Å². The zero-order chi connectivity index (χ0) is 21.2. The molecule has 1 aromatic heterocycles. The van der Waals surface area contributed by atoms with Crippen LogP contribution in [0, 0.1) is 13.8 Å². The number of benzene rings is 1. The molecule has 29 heavy (non-hydrogen) atoms. The number of carbonyl (C=O) groups excluding carboxylic acids is 2. The number of nitrogens with one attached hydrogen (secondary N) is 1. The molecule has 156 valence electrons. The smallest absolute Gasteiger partial charge is 0.306 e. The van der Waals surface area contributed by atoms with Gasteiger partial charge in [0.25, 0.3) is 5.91 Å². The van der Waals surface area contributed by atoms with E-state index in [1.54, 1.807) is 0 Å². The standard InChI is InChI=1S/C22H29N3O3S/c1-5-9-19(17-10-7-6-8-11-17)25-20(26)14-28-21(27)13-12-18-15(2)23-22(29-4)24-16(18)3/h6-8,10-11,19H,5,9,12-14H2,1-4H3,(H,25,26)/t19-/m1/s1. The van der Waals surface area contributed by atoms with Crippen molar-refractivity contribution in [2.24, 2.45) is 0 Å². The van der Waals surface area contributed by atoms with Gasteiger partial charge in [-0.3, -0.25) is 9.59 Å². The van der Waals surface area contributed by atoms with Crippen LogP contribution < -0.4 is 5.32 Å². The summed E-state index contributed by atoms with van der Waals surface area (Å²) in [4.78, 5) is 33.2. The van der Waals surface area contributed by atoms with E-state index in [0.717, 1.165) is 40.5 Å². The molecule has 1 aromatic carbocycles. The Morgan fingerprint density at radius 3 is 2.38 bits per heavy atom. The Balaban J connectivity index is 1.83. The van der Waals surface area contributed by atoms with Gasteiger partial charge in [-0.15, -0.1) is 0 Å². The van der Waals surface area contributed by atoms with Gasteiger partial charge in [0.2, 0.25) is 0 Å². The molecule has 2 rings (SSSR count). The molecule has 1 heterocycles. The normalized spacial score (nSPS) is 11.7. The topological polar surface area (TPSA) is 81.2 Å². The Kier molecular flexibility index (Phi) is 9.12. The summed E-state index contributed by atoms with van der Waals surface area (Å²) >= 11 is 1.49. The fourth-order valence-corrected chi connectivity index (χ4v) is 3.60. The van der Waals surface area contributed by atoms with Crippen LogP contribution in [0.4, 0.5) is 0 Å². The van der Waals surface area contributed by atoms with Crippen molar-refractivity contribution < 1.29 is 14.3 Å². The van der Waals surface area contributed by atoms with Gasteiger partial charge in [0.1, 0.15) is 0 Å². The number of hydrogen-bond acceptors (Lipinski definition) is 6. The Labute approximate surface area is 176 Å². The molecule has 0 aliphatic rings. The number of carbonyl (C=O) groups is 2. The molecular weight excluding hydrogens is 386 g/mol. The molecule has 0 aliphatic carbocycles. The van der Waals surface area contributed by atoms with Crippen LogP contribution in [0.1, 0.15) is 54.7 Å². The highest BCUT2D eigenvalue weighted by Crippen LogP contribution is 2.19. The van der Waals surface area contributed by atoms with Crippen molar-refractivity contribution in [3.63, 3.8) is 0 Å². The molecule has 1 N–H and O–H groups in total. The summed E-state index contributed by atoms with van der Waals surface area (Å²) < 4.78 is 5.17. The molecule has 0 saturated carbocycles. The Morgan fingerprint density at radius 1 is 1.14 bits per heavy atom. The summed E-state index contributed by atoms with van der Waals surface area (Å²) in [7, 11) is 0. The summed E-state index contributed by atoms with van der Waals surface area (Å²) in [5.74, 6) is -0.694. The molecule has 2 aromatic rings. The predicted molar refractivity (Wildman–Crippen MR) is 115 cm³/mol. The van der Waals surface area contributed by atoms with E-state index >= 15 is 0 Å². The third kappa shape index (κ3) is 7.16. The maximum absolute atomic E-state index is 12.2. The first kappa shape index (κ1) is 22.9. The number of nitrogens with zero attached hydrogens (tertiary/aromatic N) is 2. The van der Waals surface area contributed by atoms with E-state index in [9.17, 15) is 9.59 Å². The summed E-state index contributed by atoms with van der Waals surface area (Å²) in [6.45, 7) is 5.63. The van der Waals surface area contributed by atoms with Crippen molar-refractivity contribution >= 4 is 23.6 Å². The first-order chi connectivity index (χ1) is 13.9. The number of hydrogen-bond donors (Lipinski definition) is 1. The summed E-state index contributed by atoms with van der Waals surface area (Å²) in [6.07, 6.45) is 4.38. The number of rotatable bonds is 10. The highest BCUT2D eigenvalue weighted by atomic mass is 32.2. The van der Waals surface area contributed by atoms with E-state index in [2.05, 4.69) is 22.2 Å². The van der Waals surface area contributed by atoms with Gasteiger partial charge >= 0.3 is 5.97 Å². The van der Waals surface area contributed by atoms with Crippen molar-refractivity contribution in [3.05, 3.63) is 52.8 Å². The lowest BCUT2D eigenvalue weighted by atomic mass is 10.0. The third-order valence-electron chi connectivity index (χ3n) is 4.64. The molecule has 1 amide bonds. The van der Waals surface area contributed by atoms with Gasteiger partial charge in [-0.2, -0.15) is 0 Å². The van der Waals surface area contributed by atoms with Crippen LogP contribution in [0.5, 0.6) is 0 Å². The van der Waals surface area contributed by atoms with Crippen molar-refractivity contribution in [3.8, 4) is 0 Å². The summed E-state index contributed by atoms with van der Waals surface area (Å²) in [5.41, 5.74) is 3.75. The van der Waals surface area contributed by atoms with Gasteiger partial charge in [-0.1, -0.05) is 55.4 Å². The van der Waals surface area contributed by atoms with Crippen LogP contribution in [0.3, 0.4) is 0 Å². The second-order valence-corrected chi connectivity index (χ2v) is 7.61. The minimum atomic E-state index is -0.403. The van der Waals surface area contributed by atoms with Crippen LogP contribution in [-0.4, -0.2) is 34.7 Å². The van der Waals surface area contributed by atoms with Crippen LogP contribution in [0.25, 0.3) is 0 Å². The monoisotopic (exact) mass is 415 g/mol. The minimum absolute atomic E-state index is 0.0789. The summed E-state index contributed by atoms with van der Waals surface area (Å²) in [6, 6.07) is 9.74. The number of aryl methyl sites for hydroxylation is 2.